The number of aryl methyl sites for hydroxylation is 2. The van der Waals surface area contributed by atoms with E-state index in [1.165, 1.54) is 72.9 Å². The zero-order valence-electron chi connectivity index (χ0n) is 35.4. The van der Waals surface area contributed by atoms with Crippen molar-refractivity contribution in [3.05, 3.63) is 206 Å². The van der Waals surface area contributed by atoms with E-state index in [1.54, 1.807) is 0 Å². The number of benzene rings is 8. The highest BCUT2D eigenvalue weighted by atomic mass is 32.1. The molecule has 0 saturated heterocycles. The third kappa shape index (κ3) is 5.72. The van der Waals surface area contributed by atoms with E-state index in [0.717, 1.165) is 45.1 Å². The highest BCUT2D eigenvalue weighted by Gasteiger charge is 2.24. The predicted molar refractivity (Wildman–Crippen MR) is 277 cm³/mol. The molecule has 0 spiro atoms. The number of hydrogen-bond acceptors (Lipinski definition) is 6. The molecule has 6 heterocycles. The fourth-order valence-electron chi connectivity index (χ4n) is 10.2. The van der Waals surface area contributed by atoms with Crippen LogP contribution in [0, 0.1) is 0 Å². The van der Waals surface area contributed by atoms with E-state index >= 15 is 0 Å². The largest absolute Gasteiger partial charge is 0.307 e. The molecule has 0 bridgehead atoms. The second-order valence-corrected chi connectivity index (χ2v) is 19.0. The Balaban J connectivity index is 1.04. The minimum atomic E-state index is 0.570. The Hall–Kier alpha value is -8.04. The fourth-order valence-corrected chi connectivity index (χ4v) is 12.4. The molecule has 310 valence electrons. The number of fused-ring (bicyclic) bond motifs is 14. The number of para-hydroxylation sites is 2. The predicted octanol–water partition coefficient (Wildman–Crippen LogP) is 15.3. The van der Waals surface area contributed by atoms with E-state index in [-0.39, 0.29) is 0 Å². The van der Waals surface area contributed by atoms with Crippen LogP contribution in [0.5, 0.6) is 0 Å². The molecule has 6 aromatic heterocycles. The van der Waals surface area contributed by atoms with Crippen LogP contribution in [-0.2, 0) is 12.8 Å². The van der Waals surface area contributed by atoms with Crippen molar-refractivity contribution in [3.63, 3.8) is 0 Å². The Morgan fingerprint density at radius 1 is 0.394 bits per heavy atom. The van der Waals surface area contributed by atoms with Gasteiger partial charge in [0.1, 0.15) is 11.6 Å². The molecule has 8 aromatic carbocycles. The molecule has 0 amide bonds. The van der Waals surface area contributed by atoms with Crippen LogP contribution in [0.1, 0.15) is 11.4 Å². The van der Waals surface area contributed by atoms with Crippen molar-refractivity contribution < 1.29 is 0 Å². The molecule has 6 nitrogen and oxygen atoms in total. The van der Waals surface area contributed by atoms with Gasteiger partial charge in [0.05, 0.1) is 34.0 Å². The molecule has 8 heteroatoms. The van der Waals surface area contributed by atoms with Crippen LogP contribution < -0.4 is 0 Å². The lowest BCUT2D eigenvalue weighted by atomic mass is 10.1. The minimum absolute atomic E-state index is 0.570. The van der Waals surface area contributed by atoms with Gasteiger partial charge >= 0.3 is 0 Å². The summed E-state index contributed by atoms with van der Waals surface area (Å²) in [6, 6.07) is 67.2. The number of rotatable bonds is 7. The maximum absolute atomic E-state index is 5.63. The van der Waals surface area contributed by atoms with Gasteiger partial charge in [0.15, 0.2) is 11.6 Å². The first kappa shape index (κ1) is 37.3. The maximum atomic E-state index is 5.63. The summed E-state index contributed by atoms with van der Waals surface area (Å²) in [6.07, 6.45) is 3.29. The van der Waals surface area contributed by atoms with Gasteiger partial charge in [-0.2, -0.15) is 0 Å². The molecular formula is C58H36N6S2. The van der Waals surface area contributed by atoms with Crippen LogP contribution in [0.25, 0.3) is 118 Å². The average molecular weight is 881 g/mol. The van der Waals surface area contributed by atoms with Crippen LogP contribution in [0.4, 0.5) is 0 Å². The fraction of sp³-hybridized carbons (Fsp3) is 0.0345. The molecule has 0 aliphatic heterocycles. The molecular weight excluding hydrogens is 845 g/mol. The van der Waals surface area contributed by atoms with E-state index in [2.05, 4.69) is 167 Å². The third-order valence-electron chi connectivity index (χ3n) is 13.1. The summed E-state index contributed by atoms with van der Waals surface area (Å²) in [5.74, 6) is 2.96. The van der Waals surface area contributed by atoms with E-state index in [0.29, 0.717) is 24.5 Å². The third-order valence-corrected chi connectivity index (χ3v) is 15.4. The number of pyridine rings is 1. The highest BCUT2D eigenvalue weighted by Crippen LogP contribution is 2.45. The second-order valence-electron chi connectivity index (χ2n) is 16.9. The van der Waals surface area contributed by atoms with Gasteiger partial charge in [-0.3, -0.25) is 4.57 Å². The standard InChI is InChI=1S/C58H36N6S2/c1-3-15-35(16-4-1)56-60-51(61-57(62-56)36-17-5-2-6-18-36)32-27-37-33-38(63-45-23-11-7-19-39(45)41-28-30-49-52(54(41)63)43-21-9-13-25-47(43)65-49)34-59-58(37)64-46-24-12-8-20-40(46)42-29-31-50-53(55(42)64)44-22-10-14-26-48(44)66-50/h1-26,28-31,33-34H,27,32H2. The number of thiophene rings is 2. The molecule has 0 N–H and O–H groups in total. The molecule has 14 aromatic rings. The van der Waals surface area contributed by atoms with Gasteiger partial charge < -0.3 is 4.57 Å². The van der Waals surface area contributed by atoms with E-state index < -0.39 is 0 Å². The highest BCUT2D eigenvalue weighted by molar-refractivity contribution is 7.26. The van der Waals surface area contributed by atoms with Crippen LogP contribution in [0.3, 0.4) is 0 Å². The lowest BCUT2D eigenvalue weighted by Gasteiger charge is -2.17. The van der Waals surface area contributed by atoms with Gasteiger partial charge in [0.2, 0.25) is 0 Å². The number of aromatic nitrogens is 6. The van der Waals surface area contributed by atoms with Gasteiger partial charge in [-0.25, -0.2) is 19.9 Å². The van der Waals surface area contributed by atoms with Crippen LogP contribution in [0.2, 0.25) is 0 Å². The van der Waals surface area contributed by atoms with Gasteiger partial charge in [0.25, 0.3) is 0 Å². The van der Waals surface area contributed by atoms with Crippen molar-refractivity contribution in [2.24, 2.45) is 0 Å². The summed E-state index contributed by atoms with van der Waals surface area (Å²) < 4.78 is 9.97. The molecule has 66 heavy (non-hydrogen) atoms. The molecule has 0 saturated carbocycles. The number of nitrogens with zero attached hydrogens (tertiary/aromatic N) is 6. The zero-order valence-corrected chi connectivity index (χ0v) is 37.0. The van der Waals surface area contributed by atoms with Crippen LogP contribution in [-0.4, -0.2) is 29.1 Å². The number of hydrogen-bond donors (Lipinski definition) is 0. The summed E-state index contributed by atoms with van der Waals surface area (Å²) in [5.41, 5.74) is 8.68. The van der Waals surface area contributed by atoms with Crippen molar-refractivity contribution in [2.45, 2.75) is 12.8 Å². The Morgan fingerprint density at radius 3 is 1.45 bits per heavy atom. The molecule has 0 atom stereocenters. The monoisotopic (exact) mass is 880 g/mol. The summed E-state index contributed by atoms with van der Waals surface area (Å²) >= 11 is 3.70. The van der Waals surface area contributed by atoms with E-state index in [4.69, 9.17) is 19.9 Å². The normalized spacial score (nSPS) is 12.1. The van der Waals surface area contributed by atoms with Crippen molar-refractivity contribution in [3.8, 4) is 34.3 Å². The first-order valence-corrected chi connectivity index (χ1v) is 23.9. The van der Waals surface area contributed by atoms with Gasteiger partial charge in [-0.05, 0) is 54.4 Å². The average Bonchev–Trinajstić information content (AvgIpc) is 4.14. The summed E-state index contributed by atoms with van der Waals surface area (Å²) in [7, 11) is 0. The molecule has 0 fully saturated rings. The van der Waals surface area contributed by atoms with E-state index in [1.807, 2.05) is 59.1 Å². The van der Waals surface area contributed by atoms with Crippen LogP contribution in [0.15, 0.2) is 194 Å². The first-order chi connectivity index (χ1) is 32.7. The molecule has 0 aliphatic rings. The van der Waals surface area contributed by atoms with Crippen LogP contribution >= 0.6 is 22.7 Å². The van der Waals surface area contributed by atoms with Crippen molar-refractivity contribution >= 4 is 107 Å². The summed E-state index contributed by atoms with van der Waals surface area (Å²) in [4.78, 5) is 21.0. The smallest absolute Gasteiger partial charge is 0.163 e. The van der Waals surface area contributed by atoms with Crippen molar-refractivity contribution in [2.75, 3.05) is 0 Å². The van der Waals surface area contributed by atoms with Crippen molar-refractivity contribution in [1.29, 1.82) is 0 Å². The lowest BCUT2D eigenvalue weighted by molar-refractivity contribution is 0.832. The molecule has 0 radical (unpaired) electrons. The van der Waals surface area contributed by atoms with Gasteiger partial charge in [-0.1, -0.05) is 146 Å². The molecule has 0 unspecified atom stereocenters. The van der Waals surface area contributed by atoms with Gasteiger partial charge in [0, 0.05) is 79.4 Å². The second kappa shape index (κ2) is 14.8. The first-order valence-electron chi connectivity index (χ1n) is 22.3. The Labute approximate surface area is 386 Å². The quantitative estimate of drug-likeness (QED) is 0.160. The van der Waals surface area contributed by atoms with Gasteiger partial charge in [-0.15, -0.1) is 22.7 Å². The molecule has 0 aliphatic carbocycles. The topological polar surface area (TPSA) is 61.4 Å². The SMILES string of the molecule is c1ccc(-c2nc(CCc3cc(-n4c5ccccc5c5ccc6sc7ccccc7c6c54)cnc3-n3c4ccccc4c4ccc5sc6ccccc6c5c43)nc(-c3ccccc3)n2)cc1. The van der Waals surface area contributed by atoms with E-state index in [9.17, 15) is 0 Å². The molecule has 14 rings (SSSR count). The summed E-state index contributed by atoms with van der Waals surface area (Å²) in [5, 5.41) is 9.93. The van der Waals surface area contributed by atoms with Crippen molar-refractivity contribution in [1.82, 2.24) is 29.1 Å². The maximum Gasteiger partial charge on any atom is 0.163 e. The Morgan fingerprint density at radius 2 is 0.879 bits per heavy atom. The Kier molecular flexibility index (Phi) is 8.35. The minimum Gasteiger partial charge on any atom is -0.307 e. The zero-order chi connectivity index (χ0) is 43.3. The summed E-state index contributed by atoms with van der Waals surface area (Å²) in [6.45, 7) is 0. The lowest BCUT2D eigenvalue weighted by Crippen LogP contribution is -2.09. The Bertz CT molecular complexity index is 4180.